The van der Waals surface area contributed by atoms with Gasteiger partial charge in [-0.3, -0.25) is 14.5 Å². The van der Waals surface area contributed by atoms with Crippen molar-refractivity contribution in [3.05, 3.63) is 42.0 Å². The second-order valence-corrected chi connectivity index (χ2v) is 6.35. The van der Waals surface area contributed by atoms with Crippen LogP contribution in [0.15, 0.2) is 30.8 Å². The highest BCUT2D eigenvalue weighted by Crippen LogP contribution is 2.31. The number of benzene rings is 1. The second kappa shape index (κ2) is 6.16. The molecule has 5 nitrogen and oxygen atoms in total. The number of fused-ring (bicyclic) bond motifs is 1. The Hall–Kier alpha value is -2.14. The number of hydrogen-bond acceptors (Lipinski definition) is 3. The Labute approximate surface area is 136 Å². The molecule has 23 heavy (non-hydrogen) atoms. The summed E-state index contributed by atoms with van der Waals surface area (Å²) in [6.45, 7) is 6.42. The Morgan fingerprint density at radius 1 is 1.39 bits per heavy atom. The smallest absolute Gasteiger partial charge is 0.259 e. The Morgan fingerprint density at radius 2 is 2.09 bits per heavy atom. The van der Waals surface area contributed by atoms with E-state index in [-0.39, 0.29) is 24.4 Å². The fraction of sp³-hybridized carbons (Fsp3) is 0.444. The van der Waals surface area contributed by atoms with Crippen molar-refractivity contribution in [2.45, 2.75) is 38.3 Å². The third kappa shape index (κ3) is 2.88. The monoisotopic (exact) mass is 314 g/mol. The number of likely N-dealkylation sites (tertiary alicyclic amines) is 1. The Morgan fingerprint density at radius 3 is 2.74 bits per heavy atom. The first kappa shape index (κ1) is 15.7. The number of hydrogen-bond donors (Lipinski definition) is 1. The summed E-state index contributed by atoms with van der Waals surface area (Å²) in [5.41, 5.74) is 1.99. The van der Waals surface area contributed by atoms with Crippen molar-refractivity contribution in [2.75, 3.05) is 13.1 Å². The number of carbonyl (C=O) groups excluding carboxylic acids is 2. The van der Waals surface area contributed by atoms with E-state index in [1.165, 1.54) is 4.90 Å². The first-order chi connectivity index (χ1) is 11.0. The molecular weight excluding hydrogens is 292 g/mol. The van der Waals surface area contributed by atoms with Crippen molar-refractivity contribution in [1.29, 1.82) is 0 Å². The Bertz CT molecular complexity index is 618. The highest BCUT2D eigenvalue weighted by Gasteiger charge is 2.35. The quantitative estimate of drug-likeness (QED) is 0.923. The first-order valence-electron chi connectivity index (χ1n) is 8.06. The van der Waals surface area contributed by atoms with Gasteiger partial charge >= 0.3 is 0 Å². The zero-order chi connectivity index (χ0) is 16.6. The molecule has 1 fully saturated rings. The number of rotatable bonds is 4. The molecule has 2 aliphatic heterocycles. The lowest BCUT2D eigenvalue weighted by atomic mass is 10.1. The molecule has 5 heteroatoms. The minimum Gasteiger partial charge on any atom is -0.393 e. The fourth-order valence-electron chi connectivity index (χ4n) is 3.53. The first-order valence-corrected chi connectivity index (χ1v) is 8.06. The minimum absolute atomic E-state index is 0.0165. The number of nitrogens with zero attached hydrogens (tertiary/aromatic N) is 2. The average Bonchev–Trinajstić information content (AvgIpc) is 3.06. The van der Waals surface area contributed by atoms with Crippen molar-refractivity contribution < 1.29 is 14.7 Å². The molecule has 0 spiro atoms. The molecule has 122 valence electrons. The van der Waals surface area contributed by atoms with Crippen LogP contribution in [-0.2, 0) is 4.79 Å². The van der Waals surface area contributed by atoms with Gasteiger partial charge in [0.1, 0.15) is 6.54 Å². The molecule has 1 N–H and O–H groups in total. The molecular formula is C18H22N2O3. The molecule has 0 aliphatic carbocycles. The molecule has 3 rings (SSSR count). The van der Waals surface area contributed by atoms with Crippen LogP contribution in [-0.4, -0.2) is 52.0 Å². The van der Waals surface area contributed by atoms with E-state index in [0.29, 0.717) is 24.2 Å². The summed E-state index contributed by atoms with van der Waals surface area (Å²) >= 11 is 0. The zero-order valence-corrected chi connectivity index (χ0v) is 13.4. The molecule has 1 aromatic carbocycles. The van der Waals surface area contributed by atoms with Crippen LogP contribution in [0.4, 0.5) is 0 Å². The molecule has 2 amide bonds. The summed E-state index contributed by atoms with van der Waals surface area (Å²) in [7, 11) is 0. The summed E-state index contributed by atoms with van der Waals surface area (Å²) < 4.78 is 0. The van der Waals surface area contributed by atoms with E-state index in [4.69, 9.17) is 0 Å². The molecule has 1 aromatic rings. The van der Waals surface area contributed by atoms with Gasteiger partial charge in [0.05, 0.1) is 6.10 Å². The van der Waals surface area contributed by atoms with Crippen LogP contribution in [0, 0.1) is 0 Å². The third-order valence-electron chi connectivity index (χ3n) is 4.64. The lowest BCUT2D eigenvalue weighted by molar-refractivity contribution is -0.132. The van der Waals surface area contributed by atoms with Crippen LogP contribution >= 0.6 is 0 Å². The minimum atomic E-state index is -0.430. The van der Waals surface area contributed by atoms with Crippen LogP contribution in [0.25, 0.3) is 5.70 Å². The highest BCUT2D eigenvalue weighted by atomic mass is 16.3. The standard InChI is InChI=1S/C18H22N2O3/c1-12(21)10-14-6-5-9-19(14)17(22)11-20-13(2)15-7-3-4-8-16(15)18(20)23/h3-4,7-8,12,14,21H,2,5-6,9-11H2,1H3. The lowest BCUT2D eigenvalue weighted by Crippen LogP contribution is -2.43. The van der Waals surface area contributed by atoms with Gasteiger partial charge in [-0.25, -0.2) is 0 Å². The summed E-state index contributed by atoms with van der Waals surface area (Å²) in [6, 6.07) is 7.36. The zero-order valence-electron chi connectivity index (χ0n) is 13.4. The SMILES string of the molecule is C=C1c2ccccc2C(=O)N1CC(=O)N1CCCC1CC(C)O. The van der Waals surface area contributed by atoms with E-state index >= 15 is 0 Å². The number of aliphatic hydroxyl groups excluding tert-OH is 1. The number of amides is 2. The maximum atomic E-state index is 12.6. The van der Waals surface area contributed by atoms with E-state index in [9.17, 15) is 14.7 Å². The van der Waals surface area contributed by atoms with Gasteiger partial charge in [-0.05, 0) is 32.3 Å². The largest absolute Gasteiger partial charge is 0.393 e. The van der Waals surface area contributed by atoms with E-state index in [1.807, 2.05) is 18.2 Å². The summed E-state index contributed by atoms with van der Waals surface area (Å²) in [6.07, 6.45) is 2.01. The van der Waals surface area contributed by atoms with Crippen molar-refractivity contribution >= 4 is 17.5 Å². The predicted octanol–water partition coefficient (Wildman–Crippen LogP) is 1.88. The van der Waals surface area contributed by atoms with Crippen LogP contribution < -0.4 is 0 Å². The van der Waals surface area contributed by atoms with E-state index in [2.05, 4.69) is 6.58 Å². The molecule has 1 saturated heterocycles. The van der Waals surface area contributed by atoms with E-state index in [0.717, 1.165) is 18.4 Å². The van der Waals surface area contributed by atoms with Gasteiger partial charge in [0, 0.05) is 29.4 Å². The maximum absolute atomic E-state index is 12.6. The number of carbonyl (C=O) groups is 2. The molecule has 0 saturated carbocycles. The van der Waals surface area contributed by atoms with Gasteiger partial charge in [-0.1, -0.05) is 24.8 Å². The molecule has 0 aromatic heterocycles. The van der Waals surface area contributed by atoms with Gasteiger partial charge in [0.15, 0.2) is 0 Å². The molecule has 2 aliphatic rings. The van der Waals surface area contributed by atoms with E-state index in [1.54, 1.807) is 17.9 Å². The van der Waals surface area contributed by atoms with Crippen molar-refractivity contribution in [3.8, 4) is 0 Å². The number of aliphatic hydroxyl groups is 1. The van der Waals surface area contributed by atoms with Gasteiger partial charge in [-0.15, -0.1) is 0 Å². The van der Waals surface area contributed by atoms with Gasteiger partial charge < -0.3 is 10.0 Å². The van der Waals surface area contributed by atoms with Gasteiger partial charge in [0.25, 0.3) is 5.91 Å². The van der Waals surface area contributed by atoms with Crippen molar-refractivity contribution in [1.82, 2.24) is 9.80 Å². The Balaban J connectivity index is 1.72. The topological polar surface area (TPSA) is 60.9 Å². The molecule has 2 atom stereocenters. The third-order valence-corrected chi connectivity index (χ3v) is 4.64. The molecule has 0 radical (unpaired) electrons. The van der Waals surface area contributed by atoms with Crippen LogP contribution in [0.5, 0.6) is 0 Å². The fourth-order valence-corrected chi connectivity index (χ4v) is 3.53. The summed E-state index contributed by atoms with van der Waals surface area (Å²) in [4.78, 5) is 28.4. The maximum Gasteiger partial charge on any atom is 0.259 e. The predicted molar refractivity (Wildman–Crippen MR) is 87.5 cm³/mol. The summed E-state index contributed by atoms with van der Waals surface area (Å²) in [5, 5.41) is 9.58. The van der Waals surface area contributed by atoms with Gasteiger partial charge in [0.2, 0.25) is 5.91 Å². The average molecular weight is 314 g/mol. The molecule has 2 unspecified atom stereocenters. The second-order valence-electron chi connectivity index (χ2n) is 6.35. The van der Waals surface area contributed by atoms with E-state index < -0.39 is 6.10 Å². The molecule has 2 heterocycles. The molecule has 0 bridgehead atoms. The lowest BCUT2D eigenvalue weighted by Gasteiger charge is -2.28. The van der Waals surface area contributed by atoms with Gasteiger partial charge in [-0.2, -0.15) is 0 Å². The highest BCUT2D eigenvalue weighted by molar-refractivity contribution is 6.10. The summed E-state index contributed by atoms with van der Waals surface area (Å²) in [5.74, 6) is -0.235. The Kier molecular flexibility index (Phi) is 4.22. The van der Waals surface area contributed by atoms with Crippen molar-refractivity contribution in [2.24, 2.45) is 0 Å². The van der Waals surface area contributed by atoms with Crippen LogP contribution in [0.3, 0.4) is 0 Å². The van der Waals surface area contributed by atoms with Crippen LogP contribution in [0.1, 0.15) is 42.1 Å². The normalized spacial score (nSPS) is 21.7. The van der Waals surface area contributed by atoms with Crippen LogP contribution in [0.2, 0.25) is 0 Å². The van der Waals surface area contributed by atoms with Crippen molar-refractivity contribution in [3.63, 3.8) is 0 Å².